The molecular formula is C21H23NO2. The summed E-state index contributed by atoms with van der Waals surface area (Å²) in [4.78, 5) is 13.2. The molecule has 3 heteroatoms. The number of aliphatic carboxylic acids is 1. The molecule has 0 aliphatic heterocycles. The number of rotatable bonds is 5. The topological polar surface area (TPSA) is 40.5 Å². The lowest BCUT2D eigenvalue weighted by molar-refractivity contribution is -0.143. The van der Waals surface area contributed by atoms with Gasteiger partial charge in [0, 0.05) is 13.1 Å². The van der Waals surface area contributed by atoms with Crippen molar-refractivity contribution in [2.75, 3.05) is 13.6 Å². The van der Waals surface area contributed by atoms with E-state index < -0.39 is 11.4 Å². The van der Waals surface area contributed by atoms with E-state index in [0.717, 1.165) is 13.1 Å². The van der Waals surface area contributed by atoms with Crippen molar-refractivity contribution < 1.29 is 9.90 Å². The minimum absolute atomic E-state index is 0.755. The van der Waals surface area contributed by atoms with E-state index in [1.165, 1.54) is 16.3 Å². The number of likely N-dealkylation sites (N-methyl/N-ethyl adjacent to an activating group) is 1. The van der Waals surface area contributed by atoms with Crippen molar-refractivity contribution in [2.24, 2.45) is 5.41 Å². The zero-order chi connectivity index (χ0) is 17.6. The van der Waals surface area contributed by atoms with E-state index in [1.54, 1.807) is 19.9 Å². The molecule has 124 valence electrons. The van der Waals surface area contributed by atoms with E-state index >= 15 is 0 Å². The molecule has 0 radical (unpaired) electrons. The first kappa shape index (κ1) is 17.8. The second kappa shape index (κ2) is 7.81. The molecule has 2 aromatic carbocycles. The summed E-state index contributed by atoms with van der Waals surface area (Å²) in [6, 6.07) is 14.7. The van der Waals surface area contributed by atoms with E-state index in [1.807, 2.05) is 6.08 Å². The lowest BCUT2D eigenvalue weighted by atomic mass is 9.95. The molecule has 24 heavy (non-hydrogen) atoms. The number of allylic oxidation sites excluding steroid dienone is 1. The maximum absolute atomic E-state index is 11.0. The van der Waals surface area contributed by atoms with E-state index in [9.17, 15) is 4.79 Å². The van der Waals surface area contributed by atoms with Gasteiger partial charge in [0.05, 0.1) is 0 Å². The van der Waals surface area contributed by atoms with Gasteiger partial charge in [0.25, 0.3) is 0 Å². The highest BCUT2D eigenvalue weighted by Crippen LogP contribution is 2.19. The molecule has 0 fully saturated rings. The molecule has 0 aliphatic rings. The first-order valence-electron chi connectivity index (χ1n) is 7.96. The largest absolute Gasteiger partial charge is 0.480 e. The predicted molar refractivity (Wildman–Crippen MR) is 98.6 cm³/mol. The smallest absolute Gasteiger partial charge is 0.321 e. The standard InChI is InChI=1S/C21H23NO2/c1-21(2,20(23)24)14-7-4-8-15-22(3)16-18-12-9-11-17-10-5-6-13-19(17)18/h4-6,8-13H,15-16H2,1-3H3,(H,23,24). The molecule has 0 aliphatic carbocycles. The van der Waals surface area contributed by atoms with Crippen molar-refractivity contribution in [1.82, 2.24) is 4.90 Å². The Balaban J connectivity index is 1.96. The summed E-state index contributed by atoms with van der Waals surface area (Å²) in [5.41, 5.74) is 0.279. The normalized spacial score (nSPS) is 11.7. The fraction of sp³-hybridized carbons (Fsp3) is 0.286. The molecule has 0 spiro atoms. The summed E-state index contributed by atoms with van der Waals surface area (Å²) < 4.78 is 0. The Morgan fingerprint density at radius 3 is 2.67 bits per heavy atom. The Morgan fingerprint density at radius 2 is 1.92 bits per heavy atom. The van der Waals surface area contributed by atoms with Gasteiger partial charge in [-0.25, -0.2) is 0 Å². The third-order valence-corrected chi connectivity index (χ3v) is 3.86. The second-order valence-corrected chi connectivity index (χ2v) is 6.44. The van der Waals surface area contributed by atoms with Crippen LogP contribution < -0.4 is 0 Å². The molecule has 0 saturated heterocycles. The van der Waals surface area contributed by atoms with Crippen molar-refractivity contribution in [3.8, 4) is 11.8 Å². The monoisotopic (exact) mass is 321 g/mol. The SMILES string of the molecule is CN(CC=CC#CC(C)(C)C(=O)O)Cc1cccc2ccccc12. The highest BCUT2D eigenvalue weighted by molar-refractivity contribution is 5.85. The first-order chi connectivity index (χ1) is 11.4. The van der Waals surface area contributed by atoms with Gasteiger partial charge in [-0.3, -0.25) is 9.69 Å². The zero-order valence-corrected chi connectivity index (χ0v) is 14.4. The minimum atomic E-state index is -1.01. The van der Waals surface area contributed by atoms with Crippen molar-refractivity contribution in [2.45, 2.75) is 20.4 Å². The Morgan fingerprint density at radius 1 is 1.21 bits per heavy atom. The number of carbonyl (C=O) groups is 1. The van der Waals surface area contributed by atoms with Gasteiger partial charge in [-0.2, -0.15) is 0 Å². The summed E-state index contributed by atoms with van der Waals surface area (Å²) in [6.07, 6.45) is 3.68. The Labute approximate surface area is 143 Å². The molecular weight excluding hydrogens is 298 g/mol. The number of benzene rings is 2. The lowest BCUT2D eigenvalue weighted by Gasteiger charge is -2.16. The maximum atomic E-state index is 11.0. The van der Waals surface area contributed by atoms with Gasteiger partial charge in [0.15, 0.2) is 0 Å². The highest BCUT2D eigenvalue weighted by atomic mass is 16.4. The minimum Gasteiger partial charge on any atom is -0.480 e. The number of carboxylic acids is 1. The van der Waals surface area contributed by atoms with Crippen LogP contribution in [0.15, 0.2) is 54.6 Å². The van der Waals surface area contributed by atoms with Gasteiger partial charge in [0.2, 0.25) is 0 Å². The van der Waals surface area contributed by atoms with E-state index in [2.05, 4.69) is 66.3 Å². The molecule has 0 atom stereocenters. The summed E-state index contributed by atoms with van der Waals surface area (Å²) in [5.74, 6) is 4.66. The molecule has 2 aromatic rings. The Hall–Kier alpha value is -2.57. The van der Waals surface area contributed by atoms with E-state index in [0.29, 0.717) is 0 Å². The van der Waals surface area contributed by atoms with Crippen LogP contribution in [-0.2, 0) is 11.3 Å². The Bertz CT molecular complexity index is 804. The van der Waals surface area contributed by atoms with Crippen LogP contribution in [-0.4, -0.2) is 29.6 Å². The third kappa shape index (κ3) is 4.71. The number of hydrogen-bond donors (Lipinski definition) is 1. The van der Waals surface area contributed by atoms with Crippen LogP contribution in [0.2, 0.25) is 0 Å². The van der Waals surface area contributed by atoms with Crippen LogP contribution in [0.5, 0.6) is 0 Å². The van der Waals surface area contributed by atoms with Crippen LogP contribution in [0.1, 0.15) is 19.4 Å². The third-order valence-electron chi connectivity index (χ3n) is 3.86. The summed E-state index contributed by atoms with van der Waals surface area (Å²) in [5, 5.41) is 11.5. The summed E-state index contributed by atoms with van der Waals surface area (Å²) in [6.45, 7) is 4.80. The maximum Gasteiger partial charge on any atom is 0.321 e. The quantitative estimate of drug-likeness (QED) is 0.848. The fourth-order valence-corrected chi connectivity index (χ4v) is 2.35. The van der Waals surface area contributed by atoms with Crippen LogP contribution >= 0.6 is 0 Å². The predicted octanol–water partition coefficient (Wildman–Crippen LogP) is 3.94. The van der Waals surface area contributed by atoms with Crippen LogP contribution in [0.4, 0.5) is 0 Å². The fourth-order valence-electron chi connectivity index (χ4n) is 2.35. The van der Waals surface area contributed by atoms with Crippen molar-refractivity contribution >= 4 is 16.7 Å². The van der Waals surface area contributed by atoms with Crippen molar-refractivity contribution in [3.05, 3.63) is 60.2 Å². The molecule has 0 aromatic heterocycles. The number of carboxylic acid groups (broad SMARTS) is 1. The van der Waals surface area contributed by atoms with Crippen LogP contribution in [0, 0.1) is 17.3 Å². The molecule has 0 heterocycles. The van der Waals surface area contributed by atoms with Gasteiger partial charge < -0.3 is 5.11 Å². The molecule has 0 bridgehead atoms. The molecule has 0 amide bonds. The Kier molecular flexibility index (Phi) is 5.78. The van der Waals surface area contributed by atoms with Gasteiger partial charge in [0.1, 0.15) is 5.41 Å². The van der Waals surface area contributed by atoms with Gasteiger partial charge in [-0.1, -0.05) is 60.4 Å². The van der Waals surface area contributed by atoms with Crippen molar-refractivity contribution in [1.29, 1.82) is 0 Å². The van der Waals surface area contributed by atoms with Crippen LogP contribution in [0.25, 0.3) is 10.8 Å². The molecule has 0 unspecified atom stereocenters. The van der Waals surface area contributed by atoms with E-state index in [4.69, 9.17) is 5.11 Å². The lowest BCUT2D eigenvalue weighted by Crippen LogP contribution is -2.21. The molecule has 3 nitrogen and oxygen atoms in total. The average Bonchev–Trinajstić information content (AvgIpc) is 2.54. The highest BCUT2D eigenvalue weighted by Gasteiger charge is 2.23. The molecule has 1 N–H and O–H groups in total. The van der Waals surface area contributed by atoms with Crippen molar-refractivity contribution in [3.63, 3.8) is 0 Å². The average molecular weight is 321 g/mol. The van der Waals surface area contributed by atoms with Crippen LogP contribution in [0.3, 0.4) is 0 Å². The first-order valence-corrected chi connectivity index (χ1v) is 7.96. The zero-order valence-electron chi connectivity index (χ0n) is 14.4. The van der Waals surface area contributed by atoms with Gasteiger partial charge in [-0.15, -0.1) is 0 Å². The summed E-state index contributed by atoms with van der Waals surface area (Å²) >= 11 is 0. The van der Waals surface area contributed by atoms with E-state index in [-0.39, 0.29) is 0 Å². The number of hydrogen-bond acceptors (Lipinski definition) is 2. The molecule has 0 saturated carbocycles. The molecule has 2 rings (SSSR count). The van der Waals surface area contributed by atoms with Gasteiger partial charge >= 0.3 is 5.97 Å². The summed E-state index contributed by atoms with van der Waals surface area (Å²) in [7, 11) is 2.06. The van der Waals surface area contributed by atoms with Gasteiger partial charge in [-0.05, 0) is 43.3 Å². The second-order valence-electron chi connectivity index (χ2n) is 6.44. The number of nitrogens with zero attached hydrogens (tertiary/aromatic N) is 1. The number of fused-ring (bicyclic) bond motifs is 1.